The Morgan fingerprint density at radius 2 is 2.10 bits per heavy atom. The van der Waals surface area contributed by atoms with E-state index in [9.17, 15) is 9.59 Å². The van der Waals surface area contributed by atoms with Crippen LogP contribution in [0.3, 0.4) is 0 Å². The quantitative estimate of drug-likeness (QED) is 0.905. The lowest BCUT2D eigenvalue weighted by Crippen LogP contribution is -2.40. The molecule has 0 saturated heterocycles. The van der Waals surface area contributed by atoms with Crippen molar-refractivity contribution in [3.8, 4) is 0 Å². The lowest BCUT2D eigenvalue weighted by atomic mass is 10.0. The number of aromatic nitrogens is 1. The number of carboxylic acids is 1. The number of nitrogens with one attached hydrogen (secondary N) is 1. The van der Waals surface area contributed by atoms with Gasteiger partial charge in [0.05, 0.1) is 11.4 Å². The predicted molar refractivity (Wildman–Crippen MR) is 78.0 cm³/mol. The molecule has 21 heavy (non-hydrogen) atoms. The van der Waals surface area contributed by atoms with Gasteiger partial charge in [-0.05, 0) is 37.1 Å². The Morgan fingerprint density at radius 3 is 2.90 bits per heavy atom. The van der Waals surface area contributed by atoms with Crippen LogP contribution in [0.25, 0.3) is 10.9 Å². The van der Waals surface area contributed by atoms with E-state index in [1.54, 1.807) is 24.4 Å². The van der Waals surface area contributed by atoms with E-state index in [1.165, 1.54) is 0 Å². The summed E-state index contributed by atoms with van der Waals surface area (Å²) in [6.45, 7) is 0. The second-order valence-electron chi connectivity index (χ2n) is 5.37. The van der Waals surface area contributed by atoms with E-state index in [0.29, 0.717) is 12.0 Å². The van der Waals surface area contributed by atoms with Crippen LogP contribution in [0.5, 0.6) is 0 Å². The summed E-state index contributed by atoms with van der Waals surface area (Å²) in [7, 11) is 0. The summed E-state index contributed by atoms with van der Waals surface area (Å²) in [5, 5.41) is 12.9. The normalized spacial score (nSPS) is 21.3. The van der Waals surface area contributed by atoms with Crippen molar-refractivity contribution in [1.82, 2.24) is 10.3 Å². The maximum atomic E-state index is 12.3. The van der Waals surface area contributed by atoms with Gasteiger partial charge in [-0.25, -0.2) is 0 Å². The molecule has 108 valence electrons. The third-order valence-electron chi connectivity index (χ3n) is 4.01. The van der Waals surface area contributed by atoms with Crippen LogP contribution >= 0.6 is 0 Å². The van der Waals surface area contributed by atoms with E-state index in [0.717, 1.165) is 23.7 Å². The van der Waals surface area contributed by atoms with Crippen LogP contribution in [-0.2, 0) is 4.79 Å². The predicted octanol–water partition coefficient (Wildman–Crippen LogP) is 2.22. The molecular formula is C16H16N2O3. The van der Waals surface area contributed by atoms with Crippen LogP contribution in [0.1, 0.15) is 29.6 Å². The van der Waals surface area contributed by atoms with Gasteiger partial charge in [-0.3, -0.25) is 14.6 Å². The number of aliphatic carboxylic acids is 1. The van der Waals surface area contributed by atoms with Gasteiger partial charge in [0.25, 0.3) is 5.91 Å². The lowest BCUT2D eigenvalue weighted by Gasteiger charge is -2.17. The number of amides is 1. The summed E-state index contributed by atoms with van der Waals surface area (Å²) < 4.78 is 0. The van der Waals surface area contributed by atoms with Crippen molar-refractivity contribution in [2.24, 2.45) is 5.92 Å². The third-order valence-corrected chi connectivity index (χ3v) is 4.01. The average molecular weight is 284 g/mol. The van der Waals surface area contributed by atoms with Crippen LogP contribution in [0.2, 0.25) is 0 Å². The number of fused-ring (bicyclic) bond motifs is 1. The van der Waals surface area contributed by atoms with Gasteiger partial charge in [-0.15, -0.1) is 0 Å². The molecule has 1 saturated carbocycles. The number of benzene rings is 1. The molecule has 1 heterocycles. The smallest absolute Gasteiger partial charge is 0.308 e. The Bertz CT molecular complexity index is 699. The standard InChI is InChI=1S/C16H16N2O3/c19-15(18-14-5-1-4-12(14)16(20)21)11-6-7-13-10(9-11)3-2-8-17-13/h2-3,6-9,12,14H,1,4-5H2,(H,18,19)(H,20,21)/t12-,14-/m1/s1. The highest BCUT2D eigenvalue weighted by atomic mass is 16.4. The minimum absolute atomic E-state index is 0.223. The first-order chi connectivity index (χ1) is 10.1. The Balaban J connectivity index is 1.79. The topological polar surface area (TPSA) is 79.3 Å². The van der Waals surface area contributed by atoms with E-state index in [1.807, 2.05) is 12.1 Å². The third kappa shape index (κ3) is 2.72. The van der Waals surface area contributed by atoms with Gasteiger partial charge >= 0.3 is 5.97 Å². The molecule has 0 radical (unpaired) electrons. The highest BCUT2D eigenvalue weighted by Gasteiger charge is 2.33. The van der Waals surface area contributed by atoms with Crippen molar-refractivity contribution in [2.75, 3.05) is 0 Å². The number of carbonyl (C=O) groups is 2. The Kier molecular flexibility index (Phi) is 3.56. The molecular weight excluding hydrogens is 268 g/mol. The minimum atomic E-state index is -0.833. The zero-order valence-electron chi connectivity index (χ0n) is 11.5. The number of rotatable bonds is 3. The maximum absolute atomic E-state index is 12.3. The molecule has 5 nitrogen and oxygen atoms in total. The largest absolute Gasteiger partial charge is 0.481 e. The number of carboxylic acid groups (broad SMARTS) is 1. The van der Waals surface area contributed by atoms with Crippen LogP contribution < -0.4 is 5.32 Å². The molecule has 3 rings (SSSR count). The minimum Gasteiger partial charge on any atom is -0.481 e. The van der Waals surface area contributed by atoms with Crippen molar-refractivity contribution >= 4 is 22.8 Å². The van der Waals surface area contributed by atoms with Crippen LogP contribution in [0.15, 0.2) is 36.5 Å². The Hall–Kier alpha value is -2.43. The first-order valence-electron chi connectivity index (χ1n) is 7.03. The van der Waals surface area contributed by atoms with E-state index >= 15 is 0 Å². The van der Waals surface area contributed by atoms with Gasteiger partial charge in [0.15, 0.2) is 0 Å². The van der Waals surface area contributed by atoms with E-state index in [2.05, 4.69) is 10.3 Å². The Labute approximate surface area is 122 Å². The molecule has 1 aromatic carbocycles. The summed E-state index contributed by atoms with van der Waals surface area (Å²) in [6, 6.07) is 8.74. The van der Waals surface area contributed by atoms with Gasteiger partial charge in [0.1, 0.15) is 0 Å². The second kappa shape index (κ2) is 5.52. The van der Waals surface area contributed by atoms with Crippen molar-refractivity contribution in [3.63, 3.8) is 0 Å². The van der Waals surface area contributed by atoms with Gasteiger partial charge in [-0.1, -0.05) is 12.5 Å². The monoisotopic (exact) mass is 284 g/mol. The molecule has 5 heteroatoms. The molecule has 2 N–H and O–H groups in total. The summed E-state index contributed by atoms with van der Waals surface area (Å²) in [6.07, 6.45) is 3.89. The van der Waals surface area contributed by atoms with Gasteiger partial charge < -0.3 is 10.4 Å². The molecule has 0 spiro atoms. The molecule has 0 bridgehead atoms. The average Bonchev–Trinajstić information content (AvgIpc) is 2.95. The number of hydrogen-bond donors (Lipinski definition) is 2. The second-order valence-corrected chi connectivity index (χ2v) is 5.37. The molecule has 1 fully saturated rings. The van der Waals surface area contributed by atoms with Gasteiger partial charge in [0, 0.05) is 23.2 Å². The molecule has 1 aromatic heterocycles. The van der Waals surface area contributed by atoms with Crippen LogP contribution in [-0.4, -0.2) is 28.0 Å². The fraction of sp³-hybridized carbons (Fsp3) is 0.312. The zero-order valence-corrected chi connectivity index (χ0v) is 11.5. The summed E-state index contributed by atoms with van der Waals surface area (Å²) in [5.74, 6) is -1.53. The van der Waals surface area contributed by atoms with E-state index in [-0.39, 0.29) is 11.9 Å². The van der Waals surface area contributed by atoms with Crippen molar-refractivity contribution in [1.29, 1.82) is 0 Å². The maximum Gasteiger partial charge on any atom is 0.308 e. The van der Waals surface area contributed by atoms with E-state index in [4.69, 9.17) is 5.11 Å². The first-order valence-corrected chi connectivity index (χ1v) is 7.03. The van der Waals surface area contributed by atoms with E-state index < -0.39 is 11.9 Å². The van der Waals surface area contributed by atoms with Crippen LogP contribution in [0.4, 0.5) is 0 Å². The van der Waals surface area contributed by atoms with Crippen molar-refractivity contribution < 1.29 is 14.7 Å². The zero-order chi connectivity index (χ0) is 14.8. The lowest BCUT2D eigenvalue weighted by molar-refractivity contribution is -0.142. The van der Waals surface area contributed by atoms with Gasteiger partial charge in [0.2, 0.25) is 0 Å². The number of pyridine rings is 1. The highest BCUT2D eigenvalue weighted by molar-refractivity contribution is 5.98. The molecule has 2 atom stereocenters. The highest BCUT2D eigenvalue weighted by Crippen LogP contribution is 2.26. The molecule has 2 aromatic rings. The fourth-order valence-electron chi connectivity index (χ4n) is 2.90. The molecule has 1 amide bonds. The number of nitrogens with zero attached hydrogens (tertiary/aromatic N) is 1. The molecule has 1 aliphatic carbocycles. The molecule has 0 aliphatic heterocycles. The molecule has 0 unspecified atom stereocenters. The summed E-state index contributed by atoms with van der Waals surface area (Å²) >= 11 is 0. The molecule has 1 aliphatic rings. The number of carbonyl (C=O) groups excluding carboxylic acids is 1. The van der Waals surface area contributed by atoms with Crippen LogP contribution in [0, 0.1) is 5.92 Å². The first kappa shape index (κ1) is 13.5. The number of hydrogen-bond acceptors (Lipinski definition) is 3. The summed E-state index contributed by atoms with van der Waals surface area (Å²) in [5.41, 5.74) is 1.37. The van der Waals surface area contributed by atoms with Gasteiger partial charge in [-0.2, -0.15) is 0 Å². The summed E-state index contributed by atoms with van der Waals surface area (Å²) in [4.78, 5) is 27.6. The van der Waals surface area contributed by atoms with Crippen molar-refractivity contribution in [2.45, 2.75) is 25.3 Å². The Morgan fingerprint density at radius 1 is 1.24 bits per heavy atom. The fourth-order valence-corrected chi connectivity index (χ4v) is 2.90. The van der Waals surface area contributed by atoms with Crippen molar-refractivity contribution in [3.05, 3.63) is 42.1 Å². The SMILES string of the molecule is O=C(N[C@@H]1CCC[C@H]1C(=O)O)c1ccc2ncccc2c1.